The molecule has 3 aromatic rings. The molecule has 0 aliphatic carbocycles. The molecule has 7 nitrogen and oxygen atoms in total. The number of benzene rings is 2. The summed E-state index contributed by atoms with van der Waals surface area (Å²) in [6.07, 6.45) is 1.34. The average molecular weight is 437 g/mol. The fraction of sp³-hybridized carbons (Fsp3) is 0.304. The number of rotatable bonds is 8. The van der Waals surface area contributed by atoms with Crippen LogP contribution in [-0.2, 0) is 9.59 Å². The van der Waals surface area contributed by atoms with E-state index in [-0.39, 0.29) is 17.7 Å². The van der Waals surface area contributed by atoms with E-state index in [0.717, 1.165) is 22.0 Å². The number of ether oxygens (including phenoxy) is 1. The lowest BCUT2D eigenvalue weighted by Gasteiger charge is -2.18. The molecule has 1 aliphatic rings. The molecule has 160 valence electrons. The van der Waals surface area contributed by atoms with Crippen LogP contribution in [0.2, 0.25) is 0 Å². The summed E-state index contributed by atoms with van der Waals surface area (Å²) < 4.78 is 5.60. The Kier molecular flexibility index (Phi) is 6.57. The topological polar surface area (TPSA) is 84.4 Å². The van der Waals surface area contributed by atoms with Gasteiger partial charge in [-0.25, -0.2) is 0 Å². The number of hydrogen-bond acceptors (Lipinski definition) is 6. The number of aryl methyl sites for hydroxylation is 1. The number of carbonyl (C=O) groups excluding carboxylic acids is 2. The quantitative estimate of drug-likeness (QED) is 0.536. The van der Waals surface area contributed by atoms with Crippen molar-refractivity contribution in [1.29, 1.82) is 0 Å². The van der Waals surface area contributed by atoms with Crippen LogP contribution in [0.5, 0.6) is 5.75 Å². The Labute approximate surface area is 185 Å². The van der Waals surface area contributed by atoms with E-state index in [1.165, 1.54) is 11.3 Å². The third-order valence-corrected chi connectivity index (χ3v) is 6.13. The summed E-state index contributed by atoms with van der Waals surface area (Å²) in [7, 11) is 0. The van der Waals surface area contributed by atoms with Gasteiger partial charge in [-0.15, -0.1) is 10.2 Å². The predicted octanol–water partition coefficient (Wildman–Crippen LogP) is 4.16. The van der Waals surface area contributed by atoms with Gasteiger partial charge in [-0.2, -0.15) is 0 Å². The molecule has 0 saturated carbocycles. The number of aromatic nitrogens is 2. The first-order valence-electron chi connectivity index (χ1n) is 10.3. The summed E-state index contributed by atoms with van der Waals surface area (Å²) >= 11 is 1.33. The maximum absolute atomic E-state index is 12.5. The maximum atomic E-state index is 12.5. The van der Waals surface area contributed by atoms with Gasteiger partial charge in [0.15, 0.2) is 0 Å². The summed E-state index contributed by atoms with van der Waals surface area (Å²) in [4.78, 5) is 26.5. The Morgan fingerprint density at radius 3 is 2.74 bits per heavy atom. The molecule has 0 unspecified atom stereocenters. The highest BCUT2D eigenvalue weighted by molar-refractivity contribution is 7.15. The zero-order valence-electron chi connectivity index (χ0n) is 17.3. The summed E-state index contributed by atoms with van der Waals surface area (Å²) in [6, 6.07) is 17.4. The smallest absolute Gasteiger partial charge is 0.227 e. The van der Waals surface area contributed by atoms with Gasteiger partial charge in [0, 0.05) is 31.0 Å². The van der Waals surface area contributed by atoms with Gasteiger partial charge >= 0.3 is 0 Å². The molecule has 2 amide bonds. The minimum absolute atomic E-state index is 0.0190. The first-order chi connectivity index (χ1) is 15.1. The van der Waals surface area contributed by atoms with Crippen LogP contribution in [0, 0.1) is 6.92 Å². The molecule has 1 aromatic heterocycles. The maximum Gasteiger partial charge on any atom is 0.227 e. The van der Waals surface area contributed by atoms with E-state index in [1.807, 2.05) is 66.4 Å². The Hall–Kier alpha value is -3.26. The number of nitrogens with one attached hydrogen (secondary N) is 1. The fourth-order valence-electron chi connectivity index (χ4n) is 3.54. The molecule has 1 fully saturated rings. The van der Waals surface area contributed by atoms with Gasteiger partial charge in [-0.05, 0) is 37.1 Å². The molecule has 31 heavy (non-hydrogen) atoms. The number of para-hydroxylation sites is 2. The molecule has 1 aliphatic heterocycles. The largest absolute Gasteiger partial charge is 0.494 e. The second-order valence-corrected chi connectivity index (χ2v) is 8.46. The molecule has 4 rings (SSSR count). The van der Waals surface area contributed by atoms with Crippen molar-refractivity contribution in [3.63, 3.8) is 0 Å². The van der Waals surface area contributed by atoms with E-state index in [1.54, 1.807) is 0 Å². The van der Waals surface area contributed by atoms with Gasteiger partial charge < -0.3 is 15.0 Å². The van der Waals surface area contributed by atoms with E-state index >= 15 is 0 Å². The van der Waals surface area contributed by atoms with Crippen molar-refractivity contribution in [3.05, 3.63) is 65.2 Å². The van der Waals surface area contributed by atoms with E-state index in [4.69, 9.17) is 4.74 Å². The van der Waals surface area contributed by atoms with Crippen LogP contribution in [0.15, 0.2) is 54.6 Å². The molecule has 2 heterocycles. The van der Waals surface area contributed by atoms with Crippen LogP contribution in [0.1, 0.15) is 35.8 Å². The van der Waals surface area contributed by atoms with Crippen LogP contribution in [0.4, 0.5) is 10.8 Å². The van der Waals surface area contributed by atoms with Crippen LogP contribution in [-0.4, -0.2) is 35.2 Å². The van der Waals surface area contributed by atoms with Crippen LogP contribution in [0.3, 0.4) is 0 Å². The zero-order valence-corrected chi connectivity index (χ0v) is 18.1. The minimum Gasteiger partial charge on any atom is -0.494 e. The number of anilines is 2. The van der Waals surface area contributed by atoms with Crippen molar-refractivity contribution in [2.45, 2.75) is 32.1 Å². The normalized spacial score (nSPS) is 15.8. The second-order valence-electron chi connectivity index (χ2n) is 7.45. The highest BCUT2D eigenvalue weighted by atomic mass is 32.1. The molecular weight excluding hydrogens is 412 g/mol. The summed E-state index contributed by atoms with van der Waals surface area (Å²) in [5.74, 6) is 0.735. The van der Waals surface area contributed by atoms with Crippen molar-refractivity contribution in [1.82, 2.24) is 10.2 Å². The Morgan fingerprint density at radius 1 is 1.16 bits per heavy atom. The molecule has 8 heteroatoms. The minimum atomic E-state index is -0.122. The summed E-state index contributed by atoms with van der Waals surface area (Å²) in [6.45, 7) is 3.04. The third kappa shape index (κ3) is 5.27. The van der Waals surface area contributed by atoms with Gasteiger partial charge in [-0.3, -0.25) is 9.59 Å². The number of amides is 2. The first-order valence-corrected chi connectivity index (χ1v) is 11.1. The van der Waals surface area contributed by atoms with E-state index in [2.05, 4.69) is 15.5 Å². The van der Waals surface area contributed by atoms with Crippen molar-refractivity contribution >= 4 is 34.0 Å². The number of hydrogen-bond donors (Lipinski definition) is 1. The lowest BCUT2D eigenvalue weighted by Crippen LogP contribution is -2.25. The Bertz CT molecular complexity index is 1050. The molecule has 2 aromatic carbocycles. The van der Waals surface area contributed by atoms with Crippen LogP contribution >= 0.6 is 11.3 Å². The lowest BCUT2D eigenvalue weighted by atomic mass is 10.1. The molecular formula is C23H24N4O3S. The molecule has 0 bridgehead atoms. The van der Waals surface area contributed by atoms with Crippen molar-refractivity contribution in [3.8, 4) is 5.75 Å². The Balaban J connectivity index is 1.27. The fourth-order valence-corrected chi connectivity index (χ4v) is 4.39. The monoisotopic (exact) mass is 436 g/mol. The van der Waals surface area contributed by atoms with Gasteiger partial charge in [0.05, 0.1) is 6.61 Å². The van der Waals surface area contributed by atoms with Crippen LogP contribution in [0.25, 0.3) is 0 Å². The van der Waals surface area contributed by atoms with Crippen molar-refractivity contribution < 1.29 is 14.3 Å². The second kappa shape index (κ2) is 9.70. The van der Waals surface area contributed by atoms with Crippen molar-refractivity contribution in [2.24, 2.45) is 0 Å². The molecule has 0 spiro atoms. The zero-order chi connectivity index (χ0) is 21.6. The number of carbonyl (C=O) groups is 2. The van der Waals surface area contributed by atoms with Gasteiger partial charge in [-0.1, -0.05) is 47.7 Å². The standard InChI is InChI=1S/C23H24N4O3S/c1-16-8-5-6-11-19(16)27-15-17(14-21(27)29)22-25-26-23(31-22)24-20(28)12-7-13-30-18-9-3-2-4-10-18/h2-6,8-11,17H,7,12-15H2,1H3,(H,24,26,28)/t17-/m0/s1. The van der Waals surface area contributed by atoms with E-state index in [9.17, 15) is 9.59 Å². The van der Waals surface area contributed by atoms with E-state index < -0.39 is 0 Å². The number of nitrogens with zero attached hydrogens (tertiary/aromatic N) is 3. The van der Waals surface area contributed by atoms with Gasteiger partial charge in [0.25, 0.3) is 0 Å². The highest BCUT2D eigenvalue weighted by Gasteiger charge is 2.34. The third-order valence-electron chi connectivity index (χ3n) is 5.13. The average Bonchev–Trinajstić information content (AvgIpc) is 3.39. The molecule has 1 atom stereocenters. The SMILES string of the molecule is Cc1ccccc1N1C[C@@H](c2nnc(NC(=O)CCCOc3ccccc3)s2)CC1=O. The van der Waals surface area contributed by atoms with E-state index in [0.29, 0.717) is 37.5 Å². The van der Waals surface area contributed by atoms with Gasteiger partial charge in [0.1, 0.15) is 10.8 Å². The molecule has 1 N–H and O–H groups in total. The summed E-state index contributed by atoms with van der Waals surface area (Å²) in [5, 5.41) is 12.3. The summed E-state index contributed by atoms with van der Waals surface area (Å²) in [5.41, 5.74) is 2.00. The highest BCUT2D eigenvalue weighted by Crippen LogP contribution is 2.35. The first kappa shape index (κ1) is 21.0. The lowest BCUT2D eigenvalue weighted by molar-refractivity contribution is -0.117. The van der Waals surface area contributed by atoms with Gasteiger partial charge in [0.2, 0.25) is 16.9 Å². The Morgan fingerprint density at radius 2 is 1.94 bits per heavy atom. The van der Waals surface area contributed by atoms with Crippen molar-refractivity contribution in [2.75, 3.05) is 23.4 Å². The van der Waals surface area contributed by atoms with Crippen LogP contribution < -0.4 is 15.0 Å². The predicted molar refractivity (Wildman–Crippen MR) is 121 cm³/mol. The molecule has 1 saturated heterocycles. The molecule has 0 radical (unpaired) electrons.